The van der Waals surface area contributed by atoms with Gasteiger partial charge in [-0.1, -0.05) is 43.7 Å². The summed E-state index contributed by atoms with van der Waals surface area (Å²) < 4.78 is 1.86. The lowest BCUT2D eigenvalue weighted by Gasteiger charge is -2.34. The average Bonchev–Trinajstić information content (AvgIpc) is 3.25. The van der Waals surface area contributed by atoms with Crippen molar-refractivity contribution in [2.75, 3.05) is 31.5 Å². The molecule has 0 spiro atoms. The molecule has 7 nitrogen and oxygen atoms in total. The van der Waals surface area contributed by atoms with Crippen molar-refractivity contribution in [3.8, 4) is 5.69 Å². The molecule has 1 aromatic heterocycles. The van der Waals surface area contributed by atoms with E-state index in [1.165, 1.54) is 5.56 Å². The van der Waals surface area contributed by atoms with Gasteiger partial charge < -0.3 is 15.1 Å². The standard InChI is InChI=1S/C26H31N5O2/c1-18(2)24-23(17-27-31(24)22-10-8-19(3)9-11-22)25(32)29-12-14-30(15-13-29)26(33)28-21-7-5-6-20(4)16-21/h5-11,16-18H,12-15H2,1-4H3,(H,28,33). The van der Waals surface area contributed by atoms with Crippen LogP contribution in [0.1, 0.15) is 46.9 Å². The maximum Gasteiger partial charge on any atom is 0.321 e. The van der Waals surface area contributed by atoms with E-state index < -0.39 is 0 Å². The SMILES string of the molecule is Cc1ccc(-n2ncc(C(=O)N3CCN(C(=O)Nc4cccc(C)c4)CC3)c2C(C)C)cc1. The monoisotopic (exact) mass is 445 g/mol. The number of aryl methyl sites for hydroxylation is 2. The molecule has 0 saturated carbocycles. The van der Waals surface area contributed by atoms with Crippen molar-refractivity contribution in [1.29, 1.82) is 0 Å². The molecule has 1 aliphatic heterocycles. The highest BCUT2D eigenvalue weighted by molar-refractivity contribution is 5.96. The Morgan fingerprint density at radius 2 is 1.58 bits per heavy atom. The third-order valence-corrected chi connectivity index (χ3v) is 5.99. The van der Waals surface area contributed by atoms with E-state index in [0.717, 1.165) is 22.6 Å². The fourth-order valence-electron chi connectivity index (χ4n) is 4.18. The van der Waals surface area contributed by atoms with Gasteiger partial charge >= 0.3 is 6.03 Å². The van der Waals surface area contributed by atoms with Gasteiger partial charge in [0.25, 0.3) is 5.91 Å². The van der Waals surface area contributed by atoms with Crippen molar-refractivity contribution in [3.63, 3.8) is 0 Å². The predicted octanol–water partition coefficient (Wildman–Crippen LogP) is 4.60. The quantitative estimate of drug-likeness (QED) is 0.638. The molecule has 2 heterocycles. The molecule has 1 fully saturated rings. The lowest BCUT2D eigenvalue weighted by Crippen LogP contribution is -2.51. The first kappa shape index (κ1) is 22.6. The van der Waals surface area contributed by atoms with Gasteiger partial charge in [0.05, 0.1) is 23.1 Å². The lowest BCUT2D eigenvalue weighted by atomic mass is 10.0. The number of anilines is 1. The topological polar surface area (TPSA) is 70.5 Å². The summed E-state index contributed by atoms with van der Waals surface area (Å²) in [5.74, 6) is 0.102. The Labute approximate surface area is 195 Å². The summed E-state index contributed by atoms with van der Waals surface area (Å²) in [6, 6.07) is 15.7. The van der Waals surface area contributed by atoms with Crippen molar-refractivity contribution in [2.24, 2.45) is 0 Å². The molecule has 172 valence electrons. The smallest absolute Gasteiger partial charge is 0.321 e. The van der Waals surface area contributed by atoms with Gasteiger partial charge in [-0.05, 0) is 49.6 Å². The van der Waals surface area contributed by atoms with Crippen LogP contribution < -0.4 is 5.32 Å². The number of aromatic nitrogens is 2. The van der Waals surface area contributed by atoms with Gasteiger partial charge in [0.1, 0.15) is 0 Å². The lowest BCUT2D eigenvalue weighted by molar-refractivity contribution is 0.0670. The summed E-state index contributed by atoms with van der Waals surface area (Å²) in [6.07, 6.45) is 1.67. The summed E-state index contributed by atoms with van der Waals surface area (Å²) in [6.45, 7) is 10.2. The van der Waals surface area contributed by atoms with E-state index in [1.54, 1.807) is 11.1 Å². The molecule has 3 aromatic rings. The normalized spacial score (nSPS) is 14.0. The van der Waals surface area contributed by atoms with E-state index in [1.807, 2.05) is 72.0 Å². The minimum Gasteiger partial charge on any atom is -0.335 e. The fourth-order valence-corrected chi connectivity index (χ4v) is 4.18. The minimum absolute atomic E-state index is 0.0317. The van der Waals surface area contributed by atoms with Crippen molar-refractivity contribution in [2.45, 2.75) is 33.6 Å². The number of hydrogen-bond donors (Lipinski definition) is 1. The maximum atomic E-state index is 13.4. The van der Waals surface area contributed by atoms with Crippen LogP contribution >= 0.6 is 0 Å². The Kier molecular flexibility index (Phi) is 6.49. The number of carbonyl (C=O) groups is 2. The molecule has 1 aliphatic rings. The highest BCUT2D eigenvalue weighted by Gasteiger charge is 2.29. The molecule has 33 heavy (non-hydrogen) atoms. The van der Waals surface area contributed by atoms with Gasteiger partial charge in [-0.25, -0.2) is 9.48 Å². The van der Waals surface area contributed by atoms with E-state index in [9.17, 15) is 9.59 Å². The maximum absolute atomic E-state index is 13.4. The van der Waals surface area contributed by atoms with Crippen molar-refractivity contribution >= 4 is 17.6 Å². The number of rotatable bonds is 4. The number of benzene rings is 2. The number of hydrogen-bond acceptors (Lipinski definition) is 3. The van der Waals surface area contributed by atoms with Crippen LogP contribution in [-0.4, -0.2) is 57.7 Å². The summed E-state index contributed by atoms with van der Waals surface area (Å²) >= 11 is 0. The summed E-state index contributed by atoms with van der Waals surface area (Å²) in [4.78, 5) is 29.6. The van der Waals surface area contributed by atoms with Gasteiger partial charge in [-0.15, -0.1) is 0 Å². The fraction of sp³-hybridized carbons (Fsp3) is 0.346. The zero-order valence-electron chi connectivity index (χ0n) is 19.7. The minimum atomic E-state index is -0.136. The van der Waals surface area contributed by atoms with Crippen molar-refractivity contribution < 1.29 is 9.59 Å². The van der Waals surface area contributed by atoms with Gasteiger partial charge in [-0.3, -0.25) is 4.79 Å². The second kappa shape index (κ2) is 9.48. The van der Waals surface area contributed by atoms with Crippen LogP contribution in [0.3, 0.4) is 0 Å². The van der Waals surface area contributed by atoms with Crippen LogP contribution in [-0.2, 0) is 0 Å². The van der Waals surface area contributed by atoms with E-state index in [2.05, 4.69) is 24.3 Å². The highest BCUT2D eigenvalue weighted by Crippen LogP contribution is 2.25. The van der Waals surface area contributed by atoms with Crippen molar-refractivity contribution in [1.82, 2.24) is 19.6 Å². The Morgan fingerprint density at radius 1 is 0.909 bits per heavy atom. The largest absolute Gasteiger partial charge is 0.335 e. The van der Waals surface area contributed by atoms with E-state index in [0.29, 0.717) is 31.7 Å². The first-order valence-corrected chi connectivity index (χ1v) is 11.4. The molecular formula is C26H31N5O2. The van der Waals surface area contributed by atoms with Crippen LogP contribution in [0.4, 0.5) is 10.5 Å². The first-order valence-electron chi connectivity index (χ1n) is 11.4. The Morgan fingerprint density at radius 3 is 2.21 bits per heavy atom. The van der Waals surface area contributed by atoms with E-state index in [4.69, 9.17) is 0 Å². The number of carbonyl (C=O) groups excluding carboxylic acids is 2. The molecular weight excluding hydrogens is 414 g/mol. The van der Waals surface area contributed by atoms with Gasteiger partial charge in [0, 0.05) is 31.9 Å². The van der Waals surface area contributed by atoms with Crippen LogP contribution in [0.25, 0.3) is 5.69 Å². The van der Waals surface area contributed by atoms with Crippen LogP contribution in [0.2, 0.25) is 0 Å². The zero-order valence-corrected chi connectivity index (χ0v) is 19.7. The summed E-state index contributed by atoms with van der Waals surface area (Å²) in [5.41, 5.74) is 5.53. The third kappa shape index (κ3) is 4.92. The predicted molar refractivity (Wildman–Crippen MR) is 130 cm³/mol. The van der Waals surface area contributed by atoms with Crippen LogP contribution in [0.15, 0.2) is 54.7 Å². The Hall–Kier alpha value is -3.61. The second-order valence-electron chi connectivity index (χ2n) is 8.92. The highest BCUT2D eigenvalue weighted by atomic mass is 16.2. The summed E-state index contributed by atoms with van der Waals surface area (Å²) in [5, 5.41) is 7.49. The second-order valence-corrected chi connectivity index (χ2v) is 8.92. The molecule has 4 rings (SSSR count). The molecule has 1 saturated heterocycles. The molecule has 2 aromatic carbocycles. The molecule has 7 heteroatoms. The molecule has 0 aliphatic carbocycles. The average molecular weight is 446 g/mol. The molecule has 1 N–H and O–H groups in total. The zero-order chi connectivity index (χ0) is 23.5. The Bertz CT molecular complexity index is 1140. The number of amides is 3. The van der Waals surface area contributed by atoms with Gasteiger partial charge in [0.15, 0.2) is 0 Å². The third-order valence-electron chi connectivity index (χ3n) is 5.99. The van der Waals surface area contributed by atoms with Gasteiger partial charge in [-0.2, -0.15) is 5.10 Å². The molecule has 0 atom stereocenters. The van der Waals surface area contributed by atoms with E-state index >= 15 is 0 Å². The molecule has 0 unspecified atom stereocenters. The number of nitrogens with zero attached hydrogens (tertiary/aromatic N) is 4. The number of urea groups is 1. The molecule has 0 radical (unpaired) electrons. The number of nitrogens with one attached hydrogen (secondary N) is 1. The molecule has 3 amide bonds. The number of piperazine rings is 1. The molecule has 0 bridgehead atoms. The van der Waals surface area contributed by atoms with Crippen LogP contribution in [0.5, 0.6) is 0 Å². The van der Waals surface area contributed by atoms with E-state index in [-0.39, 0.29) is 17.9 Å². The van der Waals surface area contributed by atoms with Crippen LogP contribution in [0, 0.1) is 13.8 Å². The Balaban J connectivity index is 1.44. The van der Waals surface area contributed by atoms with Crippen molar-refractivity contribution in [3.05, 3.63) is 77.1 Å². The summed E-state index contributed by atoms with van der Waals surface area (Å²) in [7, 11) is 0. The van der Waals surface area contributed by atoms with Gasteiger partial charge in [0.2, 0.25) is 0 Å². The first-order chi connectivity index (χ1) is 15.8.